The molecule has 0 unspecified atom stereocenters. The molecule has 0 spiro atoms. The van der Waals surface area contributed by atoms with Crippen LogP contribution in [0.4, 0.5) is 19.6 Å². The summed E-state index contributed by atoms with van der Waals surface area (Å²) < 4.78 is 28.9. The Morgan fingerprint density at radius 3 is 2.31 bits per heavy atom. The van der Waals surface area contributed by atoms with Crippen LogP contribution in [0, 0.1) is 23.5 Å². The maximum absolute atomic E-state index is 14.8. The Kier molecular flexibility index (Phi) is 8.20. The standard InChI is InChI=1S/C26H20F2N2O3S.2CH4/c27-17-9-11-22-23(13-17)34-26(30-22)29-21-10-8-16(12-20(21)28)14-4-6-15(7-5-14)24(31)18-2-1-3-19(18)25(32)33;;/h4-13,18-19H,1-3H2,(H,29,30)(H,32,33);2*1H4/t18-,19-;;/m1../s1. The van der Waals surface area contributed by atoms with Crippen LogP contribution in [0.25, 0.3) is 21.3 Å². The number of nitrogens with zero attached hydrogens (tertiary/aromatic N) is 1. The third kappa shape index (κ3) is 5.28. The number of aromatic nitrogens is 1. The predicted octanol–water partition coefficient (Wildman–Crippen LogP) is 7.94. The number of carbonyl (C=O) groups is 2. The lowest BCUT2D eigenvalue weighted by molar-refractivity contribution is -0.142. The number of hydrogen-bond acceptors (Lipinski definition) is 5. The number of carboxylic acid groups (broad SMARTS) is 1. The normalized spacial score (nSPS) is 16.7. The van der Waals surface area contributed by atoms with E-state index in [1.54, 1.807) is 42.5 Å². The molecule has 5 rings (SSSR count). The van der Waals surface area contributed by atoms with Gasteiger partial charge in [0, 0.05) is 11.5 Å². The number of thiazole rings is 1. The first-order valence-corrected chi connectivity index (χ1v) is 11.7. The number of aliphatic carboxylic acids is 1. The van der Waals surface area contributed by atoms with E-state index in [9.17, 15) is 23.5 Å². The average molecular weight is 511 g/mol. The number of rotatable bonds is 6. The lowest BCUT2D eigenvalue weighted by atomic mass is 9.88. The number of hydrogen-bond donors (Lipinski definition) is 2. The summed E-state index contributed by atoms with van der Waals surface area (Å²) in [6.45, 7) is 0. The zero-order valence-corrected chi connectivity index (χ0v) is 18.7. The van der Waals surface area contributed by atoms with Gasteiger partial charge in [-0.25, -0.2) is 13.8 Å². The Hall–Kier alpha value is -3.65. The molecule has 1 heterocycles. The minimum Gasteiger partial charge on any atom is -0.481 e. The molecule has 36 heavy (non-hydrogen) atoms. The van der Waals surface area contributed by atoms with Crippen LogP contribution in [-0.2, 0) is 4.79 Å². The molecule has 2 atom stereocenters. The molecule has 3 aromatic carbocycles. The summed E-state index contributed by atoms with van der Waals surface area (Å²) in [7, 11) is 0. The summed E-state index contributed by atoms with van der Waals surface area (Å²) in [6.07, 6.45) is 1.84. The van der Waals surface area contributed by atoms with Gasteiger partial charge in [-0.05, 0) is 54.3 Å². The smallest absolute Gasteiger partial charge is 0.307 e. The van der Waals surface area contributed by atoms with E-state index in [0.29, 0.717) is 39.3 Å². The van der Waals surface area contributed by atoms with Crippen molar-refractivity contribution in [3.8, 4) is 11.1 Å². The van der Waals surface area contributed by atoms with Gasteiger partial charge in [0.1, 0.15) is 11.6 Å². The Morgan fingerprint density at radius 1 is 0.917 bits per heavy atom. The maximum Gasteiger partial charge on any atom is 0.307 e. The lowest BCUT2D eigenvalue weighted by Gasteiger charge is -2.15. The van der Waals surface area contributed by atoms with Crippen molar-refractivity contribution < 1.29 is 23.5 Å². The van der Waals surface area contributed by atoms with Crippen LogP contribution in [-0.4, -0.2) is 21.8 Å². The third-order valence-corrected chi connectivity index (χ3v) is 7.17. The Labute approximate surface area is 212 Å². The monoisotopic (exact) mass is 510 g/mol. The largest absolute Gasteiger partial charge is 0.481 e. The van der Waals surface area contributed by atoms with Gasteiger partial charge in [0.2, 0.25) is 0 Å². The van der Waals surface area contributed by atoms with Crippen LogP contribution in [0.5, 0.6) is 0 Å². The second kappa shape index (κ2) is 11.0. The number of fused-ring (bicyclic) bond motifs is 1. The van der Waals surface area contributed by atoms with Gasteiger partial charge in [0.25, 0.3) is 0 Å². The highest BCUT2D eigenvalue weighted by Gasteiger charge is 2.37. The molecule has 1 fully saturated rings. The SMILES string of the molecule is C.C.O=C(O)[C@@H]1CCC[C@H]1C(=O)c1ccc(-c2ccc(Nc3nc4ccc(F)cc4s3)c(F)c2)cc1. The zero-order chi connectivity index (χ0) is 23.8. The third-order valence-electron chi connectivity index (χ3n) is 6.23. The number of nitrogens with one attached hydrogen (secondary N) is 1. The van der Waals surface area contributed by atoms with Crippen LogP contribution >= 0.6 is 11.3 Å². The molecule has 5 nitrogen and oxygen atoms in total. The highest BCUT2D eigenvalue weighted by molar-refractivity contribution is 7.22. The molecule has 0 aliphatic heterocycles. The summed E-state index contributed by atoms with van der Waals surface area (Å²) >= 11 is 1.23. The fourth-order valence-electron chi connectivity index (χ4n) is 4.47. The number of carbonyl (C=O) groups excluding carboxylic acids is 1. The molecule has 1 saturated carbocycles. The molecule has 1 aliphatic carbocycles. The van der Waals surface area contributed by atoms with Gasteiger partial charge < -0.3 is 10.4 Å². The van der Waals surface area contributed by atoms with Gasteiger partial charge in [-0.1, -0.05) is 62.9 Å². The van der Waals surface area contributed by atoms with Crippen LogP contribution in [0.15, 0.2) is 60.7 Å². The average Bonchev–Trinajstić information content (AvgIpc) is 3.47. The van der Waals surface area contributed by atoms with E-state index >= 15 is 0 Å². The van der Waals surface area contributed by atoms with Gasteiger partial charge in [-0.15, -0.1) is 0 Å². The first-order chi connectivity index (χ1) is 16.4. The second-order valence-electron chi connectivity index (χ2n) is 8.37. The van der Waals surface area contributed by atoms with Crippen molar-refractivity contribution in [2.24, 2.45) is 11.8 Å². The molecule has 1 aliphatic rings. The molecule has 0 radical (unpaired) electrons. The molecule has 0 saturated heterocycles. The van der Waals surface area contributed by atoms with Crippen LogP contribution < -0.4 is 5.32 Å². The fraction of sp³-hybridized carbons (Fsp3) is 0.250. The number of ketones is 1. The van der Waals surface area contributed by atoms with E-state index in [1.807, 2.05) is 0 Å². The predicted molar refractivity (Wildman–Crippen MR) is 141 cm³/mol. The minimum atomic E-state index is -0.922. The van der Waals surface area contributed by atoms with E-state index in [0.717, 1.165) is 12.0 Å². The fourth-order valence-corrected chi connectivity index (χ4v) is 5.38. The molecule has 0 amide bonds. The Bertz CT molecular complexity index is 1400. The first kappa shape index (κ1) is 26.9. The topological polar surface area (TPSA) is 79.3 Å². The molecule has 0 bridgehead atoms. The number of halogens is 2. The molecular formula is C28H28F2N2O3S. The minimum absolute atomic E-state index is 0. The van der Waals surface area contributed by atoms with Crippen molar-refractivity contribution in [2.75, 3.05) is 5.32 Å². The maximum atomic E-state index is 14.8. The molecule has 1 aromatic heterocycles. The van der Waals surface area contributed by atoms with Crippen LogP contribution in [0.3, 0.4) is 0 Å². The quantitative estimate of drug-likeness (QED) is 0.257. The van der Waals surface area contributed by atoms with Crippen LogP contribution in [0.2, 0.25) is 0 Å². The molecule has 188 valence electrons. The van der Waals surface area contributed by atoms with Crippen LogP contribution in [0.1, 0.15) is 44.5 Å². The molecule has 4 aromatic rings. The summed E-state index contributed by atoms with van der Waals surface area (Å²) in [5.41, 5.74) is 2.72. The van der Waals surface area contributed by atoms with Crippen molar-refractivity contribution in [3.05, 3.63) is 77.9 Å². The molecule has 2 N–H and O–H groups in total. The highest BCUT2D eigenvalue weighted by Crippen LogP contribution is 2.35. The first-order valence-electron chi connectivity index (χ1n) is 10.9. The Morgan fingerprint density at radius 2 is 1.61 bits per heavy atom. The van der Waals surface area contributed by atoms with Crippen molar-refractivity contribution in [2.45, 2.75) is 34.1 Å². The summed E-state index contributed by atoms with van der Waals surface area (Å²) in [5, 5.41) is 12.8. The summed E-state index contributed by atoms with van der Waals surface area (Å²) in [4.78, 5) is 28.6. The van der Waals surface area contributed by atoms with Crippen molar-refractivity contribution in [3.63, 3.8) is 0 Å². The van der Waals surface area contributed by atoms with Gasteiger partial charge in [-0.2, -0.15) is 0 Å². The van der Waals surface area contributed by atoms with Gasteiger partial charge in [0.15, 0.2) is 10.9 Å². The molecule has 8 heteroatoms. The van der Waals surface area contributed by atoms with E-state index in [2.05, 4.69) is 10.3 Å². The number of Topliss-reactive ketones (excluding diaryl/α,β-unsaturated/α-hetero) is 1. The number of benzene rings is 3. The Balaban J connectivity index is 0.00000180. The van der Waals surface area contributed by atoms with Crippen molar-refractivity contribution >= 4 is 44.1 Å². The summed E-state index contributed by atoms with van der Waals surface area (Å²) in [5.74, 6) is -3.03. The summed E-state index contributed by atoms with van der Waals surface area (Å²) in [6, 6.07) is 15.9. The van der Waals surface area contributed by atoms with E-state index in [4.69, 9.17) is 0 Å². The van der Waals surface area contributed by atoms with Gasteiger partial charge in [0.05, 0.1) is 21.8 Å². The number of anilines is 2. The van der Waals surface area contributed by atoms with E-state index in [1.165, 1.54) is 29.5 Å². The van der Waals surface area contributed by atoms with E-state index < -0.39 is 23.6 Å². The van der Waals surface area contributed by atoms with Gasteiger partial charge >= 0.3 is 5.97 Å². The molecular weight excluding hydrogens is 482 g/mol. The lowest BCUT2D eigenvalue weighted by Crippen LogP contribution is -2.25. The number of carboxylic acids is 1. The van der Waals surface area contributed by atoms with Gasteiger partial charge in [-0.3, -0.25) is 9.59 Å². The van der Waals surface area contributed by atoms with Crippen molar-refractivity contribution in [1.29, 1.82) is 0 Å². The van der Waals surface area contributed by atoms with Crippen molar-refractivity contribution in [1.82, 2.24) is 4.98 Å². The second-order valence-corrected chi connectivity index (χ2v) is 9.41. The van der Waals surface area contributed by atoms with E-state index in [-0.39, 0.29) is 32.1 Å². The highest BCUT2D eigenvalue weighted by atomic mass is 32.1. The zero-order valence-electron chi connectivity index (χ0n) is 17.9.